The molecule has 1 atom stereocenters. The van der Waals surface area contributed by atoms with E-state index < -0.39 is 0 Å². The maximum Gasteiger partial charge on any atom is 0.240 e. The Morgan fingerprint density at radius 3 is 2.47 bits per heavy atom. The van der Waals surface area contributed by atoms with Gasteiger partial charge in [0.1, 0.15) is 12.4 Å². The van der Waals surface area contributed by atoms with Gasteiger partial charge < -0.3 is 14.8 Å². The minimum absolute atomic E-state index is 0.158. The predicted molar refractivity (Wildman–Crippen MR) is 176 cm³/mol. The fourth-order valence-corrected chi connectivity index (χ4v) is 6.56. The molecule has 0 radical (unpaired) electrons. The van der Waals surface area contributed by atoms with E-state index in [4.69, 9.17) is 14.6 Å². The lowest BCUT2D eigenvalue weighted by atomic mass is 9.99. The molecule has 228 valence electrons. The van der Waals surface area contributed by atoms with E-state index in [9.17, 15) is 9.59 Å². The van der Waals surface area contributed by atoms with Crippen LogP contribution in [0.5, 0.6) is 11.5 Å². The van der Waals surface area contributed by atoms with Crippen LogP contribution in [0.15, 0.2) is 97.3 Å². The Morgan fingerprint density at radius 1 is 0.978 bits per heavy atom. The highest BCUT2D eigenvalue weighted by Crippen LogP contribution is 2.49. The van der Waals surface area contributed by atoms with Gasteiger partial charge in [-0.15, -0.1) is 11.8 Å². The number of anilines is 1. The molecule has 0 spiro atoms. The standard InChI is InChI=1S/C35H33N5O4S/c1-23-11-14-27(15-12-23)40-35-32(33(38-40)25-9-5-4-6-10-25)34(26-13-16-28(43-2)29(18-26)44-3)45-22-31(42)39(35)21-30(41)37-20-24-8-7-17-36-19-24/h4-19,34H,20-22H2,1-3H3,(H,37,41)/t34-/m0/s1. The highest BCUT2D eigenvalue weighted by Gasteiger charge is 2.38. The first-order chi connectivity index (χ1) is 22.0. The molecule has 2 amide bonds. The van der Waals surface area contributed by atoms with Crippen LogP contribution in [-0.4, -0.2) is 53.1 Å². The van der Waals surface area contributed by atoms with Crippen molar-refractivity contribution < 1.29 is 19.1 Å². The van der Waals surface area contributed by atoms with Gasteiger partial charge in [0, 0.05) is 30.1 Å². The first-order valence-electron chi connectivity index (χ1n) is 14.5. The molecule has 0 saturated heterocycles. The summed E-state index contributed by atoms with van der Waals surface area (Å²) < 4.78 is 13.0. The molecule has 1 aliphatic rings. The number of pyridine rings is 1. The third kappa shape index (κ3) is 6.28. The molecule has 45 heavy (non-hydrogen) atoms. The number of carbonyl (C=O) groups is 2. The van der Waals surface area contributed by atoms with Gasteiger partial charge in [-0.3, -0.25) is 19.5 Å². The van der Waals surface area contributed by atoms with E-state index >= 15 is 0 Å². The quantitative estimate of drug-likeness (QED) is 0.225. The number of rotatable bonds is 9. The zero-order valence-corrected chi connectivity index (χ0v) is 26.1. The van der Waals surface area contributed by atoms with Crippen molar-refractivity contribution >= 4 is 29.4 Å². The molecule has 1 aliphatic heterocycles. The number of fused-ring (bicyclic) bond motifs is 1. The molecule has 0 bridgehead atoms. The summed E-state index contributed by atoms with van der Waals surface area (Å²) in [6.07, 6.45) is 3.39. The zero-order valence-electron chi connectivity index (χ0n) is 25.3. The summed E-state index contributed by atoms with van der Waals surface area (Å²) in [7, 11) is 3.21. The van der Waals surface area contributed by atoms with Crippen LogP contribution < -0.4 is 19.7 Å². The molecule has 3 heterocycles. The average molecular weight is 620 g/mol. The first kappa shape index (κ1) is 30.0. The van der Waals surface area contributed by atoms with Crippen molar-refractivity contribution in [2.45, 2.75) is 18.7 Å². The first-order valence-corrected chi connectivity index (χ1v) is 15.6. The number of benzene rings is 3. The van der Waals surface area contributed by atoms with Crippen molar-refractivity contribution in [3.8, 4) is 28.4 Å². The average Bonchev–Trinajstić information content (AvgIpc) is 3.40. The number of hydrogen-bond acceptors (Lipinski definition) is 7. The summed E-state index contributed by atoms with van der Waals surface area (Å²) in [5, 5.41) is 7.80. The summed E-state index contributed by atoms with van der Waals surface area (Å²) in [4.78, 5) is 33.1. The van der Waals surface area contributed by atoms with Crippen LogP contribution in [0.2, 0.25) is 0 Å². The van der Waals surface area contributed by atoms with E-state index in [0.717, 1.165) is 39.2 Å². The highest BCUT2D eigenvalue weighted by atomic mass is 32.2. The summed E-state index contributed by atoms with van der Waals surface area (Å²) in [5.74, 6) is 1.45. The molecule has 0 saturated carbocycles. The second-order valence-electron chi connectivity index (χ2n) is 10.6. The smallest absolute Gasteiger partial charge is 0.240 e. The Kier molecular flexibility index (Phi) is 8.84. The van der Waals surface area contributed by atoms with E-state index in [1.54, 1.807) is 36.2 Å². The number of nitrogens with one attached hydrogen (secondary N) is 1. The van der Waals surface area contributed by atoms with Crippen LogP contribution in [0, 0.1) is 6.92 Å². The van der Waals surface area contributed by atoms with Crippen LogP contribution in [0.25, 0.3) is 16.9 Å². The zero-order chi connectivity index (χ0) is 31.3. The van der Waals surface area contributed by atoms with Crippen LogP contribution >= 0.6 is 11.8 Å². The van der Waals surface area contributed by atoms with Crippen molar-refractivity contribution in [3.05, 3.63) is 120 Å². The van der Waals surface area contributed by atoms with Crippen molar-refractivity contribution in [1.82, 2.24) is 20.1 Å². The third-order valence-corrected chi connectivity index (χ3v) is 8.89. The number of ether oxygens (including phenoxy) is 2. The molecule has 6 rings (SSSR count). The van der Waals surface area contributed by atoms with Gasteiger partial charge in [-0.2, -0.15) is 5.10 Å². The normalized spacial score (nSPS) is 14.4. The van der Waals surface area contributed by atoms with Crippen molar-refractivity contribution in [1.29, 1.82) is 0 Å². The van der Waals surface area contributed by atoms with Crippen LogP contribution in [0.4, 0.5) is 5.82 Å². The second-order valence-corrected chi connectivity index (χ2v) is 11.7. The number of methoxy groups -OCH3 is 2. The van der Waals surface area contributed by atoms with Gasteiger partial charge in [0.15, 0.2) is 11.5 Å². The summed E-state index contributed by atoms with van der Waals surface area (Å²) in [6.45, 7) is 2.16. The van der Waals surface area contributed by atoms with Gasteiger partial charge in [-0.05, 0) is 48.4 Å². The van der Waals surface area contributed by atoms with Crippen LogP contribution in [0.3, 0.4) is 0 Å². The molecule has 1 N–H and O–H groups in total. The molecule has 10 heteroatoms. The summed E-state index contributed by atoms with van der Waals surface area (Å²) in [6, 6.07) is 27.4. The Hall–Kier alpha value is -5.09. The number of thioether (sulfide) groups is 1. The van der Waals surface area contributed by atoms with Crippen LogP contribution in [-0.2, 0) is 16.1 Å². The number of aromatic nitrogens is 3. The largest absolute Gasteiger partial charge is 0.493 e. The molecular formula is C35H33N5O4S. The lowest BCUT2D eigenvalue weighted by Crippen LogP contribution is -2.42. The number of carbonyl (C=O) groups excluding carboxylic acids is 2. The molecule has 9 nitrogen and oxygen atoms in total. The van der Waals surface area contributed by atoms with E-state index in [-0.39, 0.29) is 29.4 Å². The Bertz CT molecular complexity index is 1810. The molecule has 2 aromatic heterocycles. The number of aryl methyl sites for hydroxylation is 1. The fourth-order valence-electron chi connectivity index (χ4n) is 5.38. The molecule has 0 fully saturated rings. The van der Waals surface area contributed by atoms with Gasteiger partial charge in [-0.25, -0.2) is 4.68 Å². The third-order valence-electron chi connectivity index (χ3n) is 7.64. The Morgan fingerprint density at radius 2 is 1.76 bits per heavy atom. The number of hydrogen-bond donors (Lipinski definition) is 1. The highest BCUT2D eigenvalue weighted by molar-refractivity contribution is 8.00. The monoisotopic (exact) mass is 619 g/mol. The molecular weight excluding hydrogens is 586 g/mol. The molecule has 0 aliphatic carbocycles. The van der Waals surface area contributed by atoms with Gasteiger partial charge in [0.05, 0.1) is 36.6 Å². The topological polar surface area (TPSA) is 98.6 Å². The summed E-state index contributed by atoms with van der Waals surface area (Å²) >= 11 is 1.50. The van der Waals surface area contributed by atoms with Gasteiger partial charge in [0.2, 0.25) is 11.8 Å². The lowest BCUT2D eigenvalue weighted by molar-refractivity contribution is -0.123. The number of nitrogens with zero attached hydrogens (tertiary/aromatic N) is 4. The van der Waals surface area contributed by atoms with Gasteiger partial charge >= 0.3 is 0 Å². The van der Waals surface area contributed by atoms with Crippen molar-refractivity contribution in [2.75, 3.05) is 31.4 Å². The maximum absolute atomic E-state index is 14.0. The van der Waals surface area contributed by atoms with E-state index in [1.165, 1.54) is 11.8 Å². The molecule has 3 aromatic carbocycles. The van der Waals surface area contributed by atoms with Gasteiger partial charge in [-0.1, -0.05) is 60.2 Å². The van der Waals surface area contributed by atoms with Gasteiger partial charge in [0.25, 0.3) is 0 Å². The van der Waals surface area contributed by atoms with Crippen LogP contribution in [0.1, 0.15) is 27.5 Å². The Balaban J connectivity index is 1.53. The van der Waals surface area contributed by atoms with E-state index in [2.05, 4.69) is 10.3 Å². The molecule has 0 unspecified atom stereocenters. The maximum atomic E-state index is 14.0. The minimum Gasteiger partial charge on any atom is -0.493 e. The second kappa shape index (κ2) is 13.3. The molecule has 5 aromatic rings. The summed E-state index contributed by atoms with van der Waals surface area (Å²) in [5.41, 5.74) is 6.15. The van der Waals surface area contributed by atoms with Crippen molar-refractivity contribution in [3.63, 3.8) is 0 Å². The Labute approximate surface area is 266 Å². The van der Waals surface area contributed by atoms with E-state index in [1.807, 2.05) is 91.9 Å². The SMILES string of the molecule is COc1ccc([C@@H]2SCC(=O)N(CC(=O)NCc3cccnc3)c3c2c(-c2ccccc2)nn3-c2ccc(C)cc2)cc1OC. The lowest BCUT2D eigenvalue weighted by Gasteiger charge is -2.23. The number of amides is 2. The fraction of sp³-hybridized carbons (Fsp3) is 0.200. The van der Waals surface area contributed by atoms with Crippen molar-refractivity contribution in [2.24, 2.45) is 0 Å². The minimum atomic E-state index is -0.304. The predicted octanol–water partition coefficient (Wildman–Crippen LogP) is 5.75. The van der Waals surface area contributed by atoms with E-state index in [0.29, 0.717) is 23.9 Å².